The summed E-state index contributed by atoms with van der Waals surface area (Å²) >= 11 is 6.77. The standard InChI is InChI=1S/C15H14N4S2/c1-19(7-10-8-21-9-18-10)14-11-4-2-3-5-13(11)17-6-12(14)15(16)20/h2-6,8-9H,7H2,1H3,(H2,16,20). The number of para-hydroxylation sites is 1. The molecule has 0 aliphatic heterocycles. The summed E-state index contributed by atoms with van der Waals surface area (Å²) in [5, 5.41) is 3.08. The van der Waals surface area contributed by atoms with Gasteiger partial charge in [-0.3, -0.25) is 4.98 Å². The van der Waals surface area contributed by atoms with Gasteiger partial charge in [0.2, 0.25) is 0 Å². The lowest BCUT2D eigenvalue weighted by atomic mass is 10.1. The van der Waals surface area contributed by atoms with Crippen LogP contribution in [0, 0.1) is 0 Å². The number of aromatic nitrogens is 2. The molecular weight excluding hydrogens is 300 g/mol. The van der Waals surface area contributed by atoms with Crippen molar-refractivity contribution in [1.29, 1.82) is 0 Å². The Morgan fingerprint density at radius 1 is 1.33 bits per heavy atom. The first-order valence-corrected chi connectivity index (χ1v) is 7.77. The van der Waals surface area contributed by atoms with E-state index in [4.69, 9.17) is 18.0 Å². The fourth-order valence-corrected chi connectivity index (χ4v) is 3.05. The molecule has 0 bridgehead atoms. The molecule has 0 fully saturated rings. The second-order valence-corrected chi connectivity index (χ2v) is 5.90. The van der Waals surface area contributed by atoms with Gasteiger partial charge in [0.05, 0.1) is 34.5 Å². The summed E-state index contributed by atoms with van der Waals surface area (Å²) < 4.78 is 0. The smallest absolute Gasteiger partial charge is 0.107 e. The fourth-order valence-electron chi connectivity index (χ4n) is 2.36. The third-order valence-electron chi connectivity index (χ3n) is 3.28. The Morgan fingerprint density at radius 2 is 2.14 bits per heavy atom. The summed E-state index contributed by atoms with van der Waals surface area (Å²) in [6.07, 6.45) is 1.75. The second-order valence-electron chi connectivity index (χ2n) is 4.74. The molecule has 21 heavy (non-hydrogen) atoms. The average molecular weight is 314 g/mol. The van der Waals surface area contributed by atoms with Gasteiger partial charge in [0, 0.05) is 24.0 Å². The Kier molecular flexibility index (Phi) is 3.81. The molecule has 0 unspecified atom stereocenters. The van der Waals surface area contributed by atoms with Crippen molar-refractivity contribution in [2.45, 2.75) is 6.54 Å². The van der Waals surface area contributed by atoms with Crippen molar-refractivity contribution < 1.29 is 0 Å². The monoisotopic (exact) mass is 314 g/mol. The largest absolute Gasteiger partial charge is 0.389 e. The molecule has 0 amide bonds. The van der Waals surface area contributed by atoms with Gasteiger partial charge in [-0.1, -0.05) is 30.4 Å². The van der Waals surface area contributed by atoms with E-state index in [0.29, 0.717) is 11.5 Å². The van der Waals surface area contributed by atoms with Gasteiger partial charge in [-0.05, 0) is 6.07 Å². The predicted octanol–water partition coefficient (Wildman–Crippen LogP) is 2.96. The lowest BCUT2D eigenvalue weighted by Crippen LogP contribution is -2.22. The van der Waals surface area contributed by atoms with Crippen LogP contribution in [0.1, 0.15) is 11.3 Å². The molecule has 0 atom stereocenters. The molecule has 6 heteroatoms. The van der Waals surface area contributed by atoms with E-state index < -0.39 is 0 Å². The zero-order valence-corrected chi connectivity index (χ0v) is 13.1. The number of fused-ring (bicyclic) bond motifs is 1. The quantitative estimate of drug-likeness (QED) is 0.750. The number of anilines is 1. The van der Waals surface area contributed by atoms with Crippen LogP contribution in [0.2, 0.25) is 0 Å². The van der Waals surface area contributed by atoms with Gasteiger partial charge in [-0.15, -0.1) is 11.3 Å². The highest BCUT2D eigenvalue weighted by Gasteiger charge is 2.15. The van der Waals surface area contributed by atoms with Gasteiger partial charge in [-0.2, -0.15) is 0 Å². The summed E-state index contributed by atoms with van der Waals surface area (Å²) in [6.45, 7) is 0.702. The molecule has 0 aliphatic carbocycles. The molecule has 0 spiro atoms. The van der Waals surface area contributed by atoms with Crippen LogP contribution in [-0.4, -0.2) is 22.0 Å². The average Bonchev–Trinajstić information content (AvgIpc) is 2.98. The van der Waals surface area contributed by atoms with Gasteiger partial charge in [0.1, 0.15) is 4.99 Å². The first-order chi connectivity index (χ1) is 10.2. The zero-order chi connectivity index (χ0) is 14.8. The molecule has 4 nitrogen and oxygen atoms in total. The van der Waals surface area contributed by atoms with Crippen molar-refractivity contribution in [2.24, 2.45) is 5.73 Å². The molecule has 0 saturated carbocycles. The lowest BCUT2D eigenvalue weighted by molar-refractivity contribution is 0.897. The minimum absolute atomic E-state index is 0.355. The first-order valence-electron chi connectivity index (χ1n) is 6.42. The number of benzene rings is 1. The Hall–Kier alpha value is -2.05. The highest BCUT2D eigenvalue weighted by molar-refractivity contribution is 7.80. The summed E-state index contributed by atoms with van der Waals surface area (Å²) in [4.78, 5) is 11.2. The van der Waals surface area contributed by atoms with Crippen LogP contribution >= 0.6 is 23.6 Å². The predicted molar refractivity (Wildman–Crippen MR) is 91.9 cm³/mol. The van der Waals surface area contributed by atoms with E-state index in [1.54, 1.807) is 17.5 Å². The molecule has 0 radical (unpaired) electrons. The maximum absolute atomic E-state index is 5.87. The van der Waals surface area contributed by atoms with Crippen LogP contribution < -0.4 is 10.6 Å². The zero-order valence-electron chi connectivity index (χ0n) is 11.5. The Morgan fingerprint density at radius 3 is 2.86 bits per heavy atom. The van der Waals surface area contributed by atoms with E-state index in [0.717, 1.165) is 27.8 Å². The van der Waals surface area contributed by atoms with E-state index in [2.05, 4.69) is 14.9 Å². The Balaban J connectivity index is 2.13. The first kappa shape index (κ1) is 13.9. The van der Waals surface area contributed by atoms with Gasteiger partial charge >= 0.3 is 0 Å². The third kappa shape index (κ3) is 2.72. The molecule has 2 N–H and O–H groups in total. The number of hydrogen-bond acceptors (Lipinski definition) is 5. The van der Waals surface area contributed by atoms with Gasteiger partial charge in [0.25, 0.3) is 0 Å². The van der Waals surface area contributed by atoms with Crippen LogP contribution in [0.5, 0.6) is 0 Å². The summed E-state index contributed by atoms with van der Waals surface area (Å²) in [5.41, 5.74) is 11.5. The van der Waals surface area contributed by atoms with Crippen molar-refractivity contribution in [3.8, 4) is 0 Å². The maximum Gasteiger partial charge on any atom is 0.107 e. The van der Waals surface area contributed by atoms with E-state index in [1.165, 1.54) is 0 Å². The number of pyridine rings is 1. The van der Waals surface area contributed by atoms with Gasteiger partial charge < -0.3 is 10.6 Å². The van der Waals surface area contributed by atoms with Crippen LogP contribution in [-0.2, 0) is 6.54 Å². The molecule has 3 rings (SSSR count). The normalized spacial score (nSPS) is 10.7. The fraction of sp³-hybridized carbons (Fsp3) is 0.133. The number of thiazole rings is 1. The summed E-state index contributed by atoms with van der Waals surface area (Å²) in [6, 6.07) is 7.99. The van der Waals surface area contributed by atoms with E-state index >= 15 is 0 Å². The van der Waals surface area contributed by atoms with E-state index in [9.17, 15) is 0 Å². The minimum Gasteiger partial charge on any atom is -0.389 e. The Bertz CT molecular complexity index is 783. The van der Waals surface area contributed by atoms with Crippen molar-refractivity contribution in [3.63, 3.8) is 0 Å². The van der Waals surface area contributed by atoms with E-state index in [1.807, 2.05) is 42.2 Å². The van der Waals surface area contributed by atoms with Crippen LogP contribution in [0.15, 0.2) is 41.4 Å². The van der Waals surface area contributed by atoms with Crippen LogP contribution in [0.3, 0.4) is 0 Å². The van der Waals surface area contributed by atoms with Crippen LogP contribution in [0.25, 0.3) is 10.9 Å². The number of nitrogens with two attached hydrogens (primary N) is 1. The molecule has 1 aromatic carbocycles. The molecule has 0 aliphatic rings. The number of thiocarbonyl (C=S) groups is 1. The number of hydrogen-bond donors (Lipinski definition) is 1. The van der Waals surface area contributed by atoms with E-state index in [-0.39, 0.29) is 0 Å². The Labute approximate surface area is 132 Å². The molecule has 0 saturated heterocycles. The summed E-state index contributed by atoms with van der Waals surface area (Å²) in [5.74, 6) is 0. The summed E-state index contributed by atoms with van der Waals surface area (Å²) in [7, 11) is 2.02. The van der Waals surface area contributed by atoms with Crippen molar-refractivity contribution >= 4 is 45.1 Å². The van der Waals surface area contributed by atoms with Crippen LogP contribution in [0.4, 0.5) is 5.69 Å². The highest BCUT2D eigenvalue weighted by Crippen LogP contribution is 2.29. The third-order valence-corrected chi connectivity index (χ3v) is 4.13. The minimum atomic E-state index is 0.355. The molecule has 2 heterocycles. The second kappa shape index (κ2) is 5.75. The number of nitrogens with zero attached hydrogens (tertiary/aromatic N) is 3. The lowest BCUT2D eigenvalue weighted by Gasteiger charge is -2.23. The van der Waals surface area contributed by atoms with Gasteiger partial charge in [-0.25, -0.2) is 4.98 Å². The topological polar surface area (TPSA) is 55.0 Å². The van der Waals surface area contributed by atoms with Crippen molar-refractivity contribution in [2.75, 3.05) is 11.9 Å². The molecule has 2 aromatic heterocycles. The van der Waals surface area contributed by atoms with Crippen molar-refractivity contribution in [3.05, 3.63) is 52.6 Å². The SMILES string of the molecule is CN(Cc1cscn1)c1c(C(N)=S)cnc2ccccc12. The van der Waals surface area contributed by atoms with Crippen molar-refractivity contribution in [1.82, 2.24) is 9.97 Å². The molecular formula is C15H14N4S2. The van der Waals surface area contributed by atoms with Gasteiger partial charge in [0.15, 0.2) is 0 Å². The highest BCUT2D eigenvalue weighted by atomic mass is 32.1. The molecule has 3 aromatic rings. The molecule has 106 valence electrons. The maximum atomic E-state index is 5.87. The number of rotatable bonds is 4.